The summed E-state index contributed by atoms with van der Waals surface area (Å²) in [5, 5.41) is 43.4. The van der Waals surface area contributed by atoms with Gasteiger partial charge in [0, 0.05) is 0 Å². The fourth-order valence-electron chi connectivity index (χ4n) is 5.81. The zero-order valence-electron chi connectivity index (χ0n) is 30.8. The number of aliphatic hydroxyl groups excluding tert-OH is 4. The lowest BCUT2D eigenvalue weighted by atomic mass is 10.00. The highest BCUT2D eigenvalue weighted by molar-refractivity contribution is 5.80. The van der Waals surface area contributed by atoms with Crippen LogP contribution in [0.3, 0.4) is 0 Å². The molecule has 0 aliphatic rings. The number of carbonyl (C=O) groups excluding carboxylic acids is 1. The van der Waals surface area contributed by atoms with Crippen molar-refractivity contribution in [3.8, 4) is 0 Å². The van der Waals surface area contributed by atoms with Crippen molar-refractivity contribution in [3.63, 3.8) is 0 Å². The molecule has 0 saturated carbocycles. The van der Waals surface area contributed by atoms with Crippen LogP contribution in [0.25, 0.3) is 0 Å². The Kier molecular flexibility index (Phi) is 34.7. The molecule has 0 radical (unpaired) electrons. The average molecular weight is 664 g/mol. The van der Waals surface area contributed by atoms with E-state index >= 15 is 0 Å². The minimum atomic E-state index is -1.29. The Bertz CT molecular complexity index is 752. The van der Waals surface area contributed by atoms with Crippen LogP contribution in [-0.2, 0) is 4.79 Å². The second-order valence-corrected chi connectivity index (χ2v) is 13.6. The fourth-order valence-corrected chi connectivity index (χ4v) is 5.81. The first kappa shape index (κ1) is 45.5. The summed E-state index contributed by atoms with van der Waals surface area (Å²) in [7, 11) is 0. The molecule has 1 amide bonds. The van der Waals surface area contributed by atoms with E-state index in [0.29, 0.717) is 19.3 Å². The highest BCUT2D eigenvalue weighted by Gasteiger charge is 2.28. The summed E-state index contributed by atoms with van der Waals surface area (Å²) in [6.07, 6.45) is 40.3. The van der Waals surface area contributed by atoms with E-state index in [4.69, 9.17) is 0 Å². The number of unbranched alkanes of at least 4 members (excludes halogenated alkanes) is 20. The van der Waals surface area contributed by atoms with Gasteiger partial charge in [-0.3, -0.25) is 4.79 Å². The molecule has 47 heavy (non-hydrogen) atoms. The predicted molar refractivity (Wildman–Crippen MR) is 200 cm³/mol. The fraction of sp³-hybridized carbons (Fsp3) is 0.829. The van der Waals surface area contributed by atoms with Gasteiger partial charge in [-0.2, -0.15) is 0 Å². The van der Waals surface area contributed by atoms with Gasteiger partial charge in [-0.05, 0) is 70.6 Å². The summed E-state index contributed by atoms with van der Waals surface area (Å²) in [5.41, 5.74) is 0. The third kappa shape index (κ3) is 30.3. The summed E-state index contributed by atoms with van der Waals surface area (Å²) in [6.45, 7) is 3.96. The van der Waals surface area contributed by atoms with Gasteiger partial charge in [-0.25, -0.2) is 0 Å². The monoisotopic (exact) mass is 664 g/mol. The van der Waals surface area contributed by atoms with E-state index in [1.165, 1.54) is 96.3 Å². The van der Waals surface area contributed by atoms with Gasteiger partial charge in [0.1, 0.15) is 12.2 Å². The normalized spacial score (nSPS) is 14.8. The topological polar surface area (TPSA) is 110 Å². The van der Waals surface area contributed by atoms with Crippen LogP contribution in [0.1, 0.15) is 187 Å². The van der Waals surface area contributed by atoms with Gasteiger partial charge < -0.3 is 25.7 Å². The summed E-state index contributed by atoms with van der Waals surface area (Å²) in [5.74, 6) is -0.605. The molecule has 0 aliphatic heterocycles. The molecular weight excluding hydrogens is 586 g/mol. The van der Waals surface area contributed by atoms with E-state index < -0.39 is 36.9 Å². The minimum absolute atomic E-state index is 0.352. The Morgan fingerprint density at radius 2 is 0.915 bits per heavy atom. The zero-order chi connectivity index (χ0) is 34.6. The molecule has 6 nitrogen and oxygen atoms in total. The van der Waals surface area contributed by atoms with E-state index in [9.17, 15) is 25.2 Å². The Hall–Kier alpha value is -1.47. The lowest BCUT2D eigenvalue weighted by Gasteiger charge is -2.27. The van der Waals surface area contributed by atoms with Gasteiger partial charge in [-0.15, -0.1) is 0 Å². The van der Waals surface area contributed by atoms with Gasteiger partial charge in [0.2, 0.25) is 5.91 Å². The van der Waals surface area contributed by atoms with Crippen LogP contribution in [0.5, 0.6) is 0 Å². The molecule has 4 atom stereocenters. The zero-order valence-corrected chi connectivity index (χ0v) is 30.8. The molecule has 0 aromatic rings. The quantitative estimate of drug-likeness (QED) is 0.0343. The van der Waals surface area contributed by atoms with Crippen molar-refractivity contribution in [3.05, 3.63) is 36.5 Å². The van der Waals surface area contributed by atoms with Crippen molar-refractivity contribution in [1.82, 2.24) is 5.32 Å². The molecule has 5 N–H and O–H groups in total. The second kappa shape index (κ2) is 35.8. The first-order valence-corrected chi connectivity index (χ1v) is 19.9. The highest BCUT2D eigenvalue weighted by atomic mass is 16.3. The molecule has 6 heteroatoms. The predicted octanol–water partition coefficient (Wildman–Crippen LogP) is 9.79. The van der Waals surface area contributed by atoms with Crippen molar-refractivity contribution in [2.75, 3.05) is 6.61 Å². The van der Waals surface area contributed by atoms with Crippen molar-refractivity contribution < 1.29 is 25.2 Å². The van der Waals surface area contributed by atoms with Crippen molar-refractivity contribution in [1.29, 1.82) is 0 Å². The molecule has 0 heterocycles. The molecule has 0 bridgehead atoms. The molecule has 276 valence electrons. The summed E-state index contributed by atoms with van der Waals surface area (Å²) in [6, 6.07) is -1.01. The maximum atomic E-state index is 12.4. The lowest BCUT2D eigenvalue weighted by molar-refractivity contribution is -0.132. The number of allylic oxidation sites excluding steroid dienone is 6. The Morgan fingerprint density at radius 1 is 0.511 bits per heavy atom. The summed E-state index contributed by atoms with van der Waals surface area (Å²) in [4.78, 5) is 12.4. The van der Waals surface area contributed by atoms with Gasteiger partial charge in [-0.1, -0.05) is 153 Å². The van der Waals surface area contributed by atoms with Gasteiger partial charge in [0.15, 0.2) is 0 Å². The number of amides is 1. The van der Waals surface area contributed by atoms with Crippen LogP contribution >= 0.6 is 0 Å². The number of aliphatic hydroxyl groups is 4. The number of hydrogen-bond donors (Lipinski definition) is 5. The van der Waals surface area contributed by atoms with Gasteiger partial charge >= 0.3 is 0 Å². The molecule has 0 aromatic carbocycles. The first-order chi connectivity index (χ1) is 23.0. The molecule has 0 saturated heterocycles. The van der Waals surface area contributed by atoms with Crippen LogP contribution in [0.15, 0.2) is 36.5 Å². The van der Waals surface area contributed by atoms with E-state index in [-0.39, 0.29) is 0 Å². The molecule has 0 spiro atoms. The molecule has 4 unspecified atom stereocenters. The Morgan fingerprint density at radius 3 is 1.40 bits per heavy atom. The summed E-state index contributed by atoms with van der Waals surface area (Å²) >= 11 is 0. The van der Waals surface area contributed by atoms with E-state index in [0.717, 1.165) is 57.8 Å². The van der Waals surface area contributed by atoms with Gasteiger partial charge in [0.05, 0.1) is 18.8 Å². The average Bonchev–Trinajstić information content (AvgIpc) is 3.07. The van der Waals surface area contributed by atoms with E-state index in [1.54, 1.807) is 0 Å². The summed E-state index contributed by atoms with van der Waals surface area (Å²) < 4.78 is 0. The van der Waals surface area contributed by atoms with Crippen LogP contribution in [0.4, 0.5) is 0 Å². The maximum absolute atomic E-state index is 12.4. The first-order valence-electron chi connectivity index (χ1n) is 19.9. The van der Waals surface area contributed by atoms with Crippen molar-refractivity contribution in [2.45, 2.75) is 212 Å². The smallest absolute Gasteiger partial charge is 0.249 e. The van der Waals surface area contributed by atoms with Crippen LogP contribution in [0, 0.1) is 0 Å². The molecule has 0 aromatic heterocycles. The SMILES string of the molecule is CCCC/C=C/CC/C=C/CCCC(O)C(O)C(CO)NC(=O)C(O)CCCCCCCC/C=C\CCCCCCCCCCCC. The molecule has 0 rings (SSSR count). The minimum Gasteiger partial charge on any atom is -0.394 e. The van der Waals surface area contributed by atoms with Crippen molar-refractivity contribution >= 4 is 5.91 Å². The largest absolute Gasteiger partial charge is 0.394 e. The Balaban J connectivity index is 3.81. The Labute approximate surface area is 290 Å². The standard InChI is InChI=1S/C41H77NO5/c1-3-5-7-9-11-13-15-16-17-18-19-20-21-22-23-25-27-29-31-33-35-39(45)41(47)42-37(36-43)40(46)38(44)34-32-30-28-26-24-14-12-10-8-6-4-2/h10,12,20-21,26,28,37-40,43-46H,3-9,11,13-19,22-25,27,29-36H2,1-2H3,(H,42,47)/b12-10+,21-20-,28-26+. The maximum Gasteiger partial charge on any atom is 0.249 e. The van der Waals surface area contributed by atoms with Crippen molar-refractivity contribution in [2.24, 2.45) is 0 Å². The van der Waals surface area contributed by atoms with Crippen LogP contribution in [0.2, 0.25) is 0 Å². The number of carbonyl (C=O) groups is 1. The third-order valence-electron chi connectivity index (χ3n) is 9.05. The lowest BCUT2D eigenvalue weighted by Crippen LogP contribution is -2.53. The van der Waals surface area contributed by atoms with E-state index in [2.05, 4.69) is 55.6 Å². The van der Waals surface area contributed by atoms with E-state index in [1.807, 2.05) is 0 Å². The van der Waals surface area contributed by atoms with Gasteiger partial charge in [0.25, 0.3) is 0 Å². The third-order valence-corrected chi connectivity index (χ3v) is 9.05. The number of nitrogens with one attached hydrogen (secondary N) is 1. The number of hydrogen-bond acceptors (Lipinski definition) is 5. The van der Waals surface area contributed by atoms with Crippen LogP contribution < -0.4 is 5.32 Å². The second-order valence-electron chi connectivity index (χ2n) is 13.6. The van der Waals surface area contributed by atoms with Crippen LogP contribution in [-0.4, -0.2) is 57.3 Å². The molecule has 0 aliphatic carbocycles. The molecule has 0 fully saturated rings. The molecular formula is C41H77NO5. The highest BCUT2D eigenvalue weighted by Crippen LogP contribution is 2.14. The number of rotatable bonds is 35.